The minimum atomic E-state index is -0.157. The molecule has 0 saturated heterocycles. The fourth-order valence-electron chi connectivity index (χ4n) is 8.19. The molecule has 0 radical (unpaired) electrons. The molecular weight excluding hydrogens is 697 g/mol. The minimum Gasteiger partial charge on any atom is -0.457 e. The molecule has 1 aliphatic heterocycles. The quantitative estimate of drug-likeness (QED) is 0.163. The van der Waals surface area contributed by atoms with Crippen LogP contribution in [0.15, 0.2) is 170 Å². The molecule has 0 spiro atoms. The van der Waals surface area contributed by atoms with E-state index in [1.165, 1.54) is 44.3 Å². The Morgan fingerprint density at radius 1 is 0.526 bits per heavy atom. The second-order valence-electron chi connectivity index (χ2n) is 17.0. The predicted molar refractivity (Wildman–Crippen MR) is 239 cm³/mol. The zero-order chi connectivity index (χ0) is 39.3. The third kappa shape index (κ3) is 6.84. The summed E-state index contributed by atoms with van der Waals surface area (Å²) in [6, 6.07) is 53.6. The predicted octanol–water partition coefficient (Wildman–Crippen LogP) is 13.7. The maximum absolute atomic E-state index is 6.85. The summed E-state index contributed by atoms with van der Waals surface area (Å²) in [5.41, 5.74) is 11.4. The van der Waals surface area contributed by atoms with Crippen LogP contribution in [-0.4, -0.2) is 16.2 Å². The Labute approximate surface area is 336 Å². The highest BCUT2D eigenvalue weighted by Gasteiger charge is 2.27. The molecule has 0 bridgehead atoms. The molecule has 0 fully saturated rings. The molecule has 0 amide bonds. The first-order valence-corrected chi connectivity index (χ1v) is 19.8. The number of fused-ring (bicyclic) bond motifs is 3. The normalized spacial score (nSPS) is 13.2. The van der Waals surface area contributed by atoms with Crippen molar-refractivity contribution in [1.82, 2.24) is 9.55 Å². The molecular formula is C52H48N4O. The van der Waals surface area contributed by atoms with Crippen LogP contribution in [0.1, 0.15) is 52.7 Å². The summed E-state index contributed by atoms with van der Waals surface area (Å²) in [6.45, 7) is 14.4. The zero-order valence-electron chi connectivity index (χ0n) is 33.6. The molecule has 5 nitrogen and oxygen atoms in total. The Hall–Kier alpha value is -6.59. The van der Waals surface area contributed by atoms with Crippen molar-refractivity contribution in [1.29, 1.82) is 0 Å². The van der Waals surface area contributed by atoms with Gasteiger partial charge in [-0.3, -0.25) is 4.57 Å². The van der Waals surface area contributed by atoms with Crippen LogP contribution >= 0.6 is 0 Å². The van der Waals surface area contributed by atoms with Gasteiger partial charge in [0.05, 0.1) is 23.4 Å². The number of benzene rings is 6. The fourth-order valence-corrected chi connectivity index (χ4v) is 8.19. The largest absolute Gasteiger partial charge is 0.457 e. The Morgan fingerprint density at radius 2 is 1.18 bits per heavy atom. The van der Waals surface area contributed by atoms with Crippen LogP contribution in [0.3, 0.4) is 0 Å². The van der Waals surface area contributed by atoms with Crippen LogP contribution < -0.4 is 14.5 Å². The second kappa shape index (κ2) is 14.2. The number of ether oxygens (including phenoxy) is 1. The molecule has 282 valence electrons. The van der Waals surface area contributed by atoms with E-state index in [0.29, 0.717) is 6.67 Å². The lowest BCUT2D eigenvalue weighted by molar-refractivity contribution is 0.480. The fraction of sp³-hybridized carbons (Fsp3) is 0.173. The number of anilines is 2. The van der Waals surface area contributed by atoms with Crippen molar-refractivity contribution >= 4 is 33.2 Å². The molecule has 3 heterocycles. The van der Waals surface area contributed by atoms with Crippen LogP contribution in [0.25, 0.3) is 49.9 Å². The Morgan fingerprint density at radius 3 is 1.91 bits per heavy atom. The summed E-state index contributed by atoms with van der Waals surface area (Å²) >= 11 is 0. The van der Waals surface area contributed by atoms with Gasteiger partial charge in [-0.25, -0.2) is 4.98 Å². The van der Waals surface area contributed by atoms with Gasteiger partial charge in [-0.05, 0) is 69.5 Å². The highest BCUT2D eigenvalue weighted by molar-refractivity contribution is 6.11. The van der Waals surface area contributed by atoms with Crippen LogP contribution in [0.4, 0.5) is 11.4 Å². The van der Waals surface area contributed by atoms with Crippen molar-refractivity contribution in [3.63, 3.8) is 0 Å². The van der Waals surface area contributed by atoms with Crippen molar-refractivity contribution in [3.05, 3.63) is 181 Å². The number of nitrogens with zero attached hydrogens (tertiary/aromatic N) is 4. The first kappa shape index (κ1) is 36.1. The van der Waals surface area contributed by atoms with Crippen molar-refractivity contribution in [2.24, 2.45) is 0 Å². The van der Waals surface area contributed by atoms with Crippen molar-refractivity contribution in [2.75, 3.05) is 16.5 Å². The molecule has 9 rings (SSSR count). The lowest BCUT2D eigenvalue weighted by atomic mass is 9.82. The van der Waals surface area contributed by atoms with Gasteiger partial charge in [-0.2, -0.15) is 0 Å². The molecule has 0 aliphatic carbocycles. The number of rotatable bonds is 7. The van der Waals surface area contributed by atoms with E-state index in [9.17, 15) is 0 Å². The third-order valence-corrected chi connectivity index (χ3v) is 11.0. The van der Waals surface area contributed by atoms with Crippen LogP contribution in [-0.2, 0) is 10.8 Å². The van der Waals surface area contributed by atoms with Crippen molar-refractivity contribution in [2.45, 2.75) is 52.4 Å². The van der Waals surface area contributed by atoms with Gasteiger partial charge in [-0.1, -0.05) is 145 Å². The average Bonchev–Trinajstić information content (AvgIpc) is 3.84. The molecule has 2 aromatic heterocycles. The van der Waals surface area contributed by atoms with Gasteiger partial charge >= 0.3 is 0 Å². The van der Waals surface area contributed by atoms with Gasteiger partial charge in [0.15, 0.2) is 0 Å². The molecule has 0 saturated carbocycles. The van der Waals surface area contributed by atoms with Crippen LogP contribution in [0.5, 0.6) is 11.5 Å². The van der Waals surface area contributed by atoms with Gasteiger partial charge in [0.25, 0.3) is 0 Å². The van der Waals surface area contributed by atoms with Crippen LogP contribution in [0.2, 0.25) is 0 Å². The SMILES string of the molecule is CC(C)(C)c1cc(-n2c3ccccc3c3c(C(C)(C)C)cc(Oc4cccc(N5C=CN(c6ccccc6-c6ccccc6)C5)c4)cc32)ncc1-c1ccccc1. The summed E-state index contributed by atoms with van der Waals surface area (Å²) in [5.74, 6) is 2.47. The number of hydrogen-bond acceptors (Lipinski definition) is 4. The highest BCUT2D eigenvalue weighted by Crippen LogP contribution is 2.43. The third-order valence-electron chi connectivity index (χ3n) is 11.0. The Balaban J connectivity index is 1.10. The Bertz CT molecular complexity index is 2770. The first-order chi connectivity index (χ1) is 27.5. The monoisotopic (exact) mass is 744 g/mol. The van der Waals surface area contributed by atoms with Gasteiger partial charge in [0.2, 0.25) is 0 Å². The van der Waals surface area contributed by atoms with E-state index in [1.807, 2.05) is 6.07 Å². The van der Waals surface area contributed by atoms with Gasteiger partial charge in [-0.15, -0.1) is 0 Å². The van der Waals surface area contributed by atoms with E-state index in [4.69, 9.17) is 9.72 Å². The van der Waals surface area contributed by atoms with E-state index in [0.717, 1.165) is 39.6 Å². The van der Waals surface area contributed by atoms with Crippen molar-refractivity contribution < 1.29 is 4.74 Å². The number of pyridine rings is 1. The smallest absolute Gasteiger partial charge is 0.137 e. The summed E-state index contributed by atoms with van der Waals surface area (Å²) in [4.78, 5) is 9.74. The average molecular weight is 745 g/mol. The molecule has 0 N–H and O–H groups in total. The number of para-hydroxylation sites is 2. The lowest BCUT2D eigenvalue weighted by Crippen LogP contribution is -2.24. The van der Waals surface area contributed by atoms with E-state index >= 15 is 0 Å². The first-order valence-electron chi connectivity index (χ1n) is 19.8. The standard InChI is InChI=1S/C52H48N4O/c1-51(2,3)44-33-49(53-34-43(44)37-20-11-8-12-21-37)56-47-27-16-14-25-42(47)50-45(52(4,5)6)31-40(32-48(50)56)57-39-23-17-22-38(30-39)54-28-29-55(35-54)46-26-15-13-24-41(46)36-18-9-7-10-19-36/h7-34H,35H2,1-6H3. The molecule has 6 aromatic carbocycles. The number of hydrogen-bond donors (Lipinski definition) is 0. The summed E-state index contributed by atoms with van der Waals surface area (Å²) < 4.78 is 9.18. The minimum absolute atomic E-state index is 0.107. The topological polar surface area (TPSA) is 33.5 Å². The zero-order valence-corrected chi connectivity index (χ0v) is 33.6. The summed E-state index contributed by atoms with van der Waals surface area (Å²) in [6.07, 6.45) is 6.35. The summed E-state index contributed by atoms with van der Waals surface area (Å²) in [7, 11) is 0. The lowest BCUT2D eigenvalue weighted by Gasteiger charge is -2.25. The van der Waals surface area contributed by atoms with Gasteiger partial charge in [0, 0.05) is 58.3 Å². The van der Waals surface area contributed by atoms with Gasteiger partial charge < -0.3 is 14.5 Å². The Kier molecular flexibility index (Phi) is 8.96. The molecule has 1 aliphatic rings. The molecule has 57 heavy (non-hydrogen) atoms. The molecule has 8 aromatic rings. The van der Waals surface area contributed by atoms with E-state index in [2.05, 4.69) is 220 Å². The van der Waals surface area contributed by atoms with E-state index < -0.39 is 0 Å². The van der Waals surface area contributed by atoms with E-state index in [-0.39, 0.29) is 10.8 Å². The number of aromatic nitrogens is 2. The maximum atomic E-state index is 6.85. The van der Waals surface area contributed by atoms with Gasteiger partial charge in [0.1, 0.15) is 17.3 Å². The molecule has 0 atom stereocenters. The maximum Gasteiger partial charge on any atom is 0.137 e. The molecule has 0 unspecified atom stereocenters. The van der Waals surface area contributed by atoms with E-state index in [1.54, 1.807) is 0 Å². The van der Waals surface area contributed by atoms with Crippen molar-refractivity contribution in [3.8, 4) is 39.6 Å². The highest BCUT2D eigenvalue weighted by atomic mass is 16.5. The molecule has 5 heteroatoms. The second-order valence-corrected chi connectivity index (χ2v) is 17.0. The van der Waals surface area contributed by atoms with Crippen LogP contribution in [0, 0.1) is 0 Å². The summed E-state index contributed by atoms with van der Waals surface area (Å²) in [5, 5.41) is 2.43.